The minimum atomic E-state index is -1.00. The Morgan fingerprint density at radius 1 is 1.44 bits per heavy atom. The molecule has 0 bridgehead atoms. The van der Waals surface area contributed by atoms with Crippen LogP contribution in [-0.2, 0) is 0 Å². The summed E-state index contributed by atoms with van der Waals surface area (Å²) in [6.45, 7) is 0. The number of aromatic carboxylic acids is 1. The standard InChI is InChI=1S/C11H9NO4/c13-10(14)6-1-4-9-8(5-6)12(7-2-3-7)11(15)16-9/h1,4-5,7H,2-3H2,(H,13,14). The lowest BCUT2D eigenvalue weighted by atomic mass is 10.2. The van der Waals surface area contributed by atoms with E-state index in [9.17, 15) is 9.59 Å². The van der Waals surface area contributed by atoms with Crippen molar-refractivity contribution in [3.05, 3.63) is 34.3 Å². The molecule has 2 aromatic rings. The lowest BCUT2D eigenvalue weighted by Crippen LogP contribution is -2.12. The van der Waals surface area contributed by atoms with Crippen molar-refractivity contribution in [2.75, 3.05) is 0 Å². The molecule has 1 aromatic heterocycles. The molecule has 0 amide bonds. The second-order valence-electron chi connectivity index (χ2n) is 3.96. The van der Waals surface area contributed by atoms with Crippen LogP contribution in [0.25, 0.3) is 11.1 Å². The van der Waals surface area contributed by atoms with Crippen molar-refractivity contribution >= 4 is 17.1 Å². The molecule has 3 rings (SSSR count). The summed E-state index contributed by atoms with van der Waals surface area (Å²) < 4.78 is 6.59. The van der Waals surface area contributed by atoms with Gasteiger partial charge in [0.05, 0.1) is 11.1 Å². The van der Waals surface area contributed by atoms with Crippen LogP contribution in [0.15, 0.2) is 27.4 Å². The van der Waals surface area contributed by atoms with Gasteiger partial charge in [-0.2, -0.15) is 0 Å². The van der Waals surface area contributed by atoms with Gasteiger partial charge < -0.3 is 9.52 Å². The maximum atomic E-state index is 11.6. The molecule has 1 heterocycles. The highest BCUT2D eigenvalue weighted by atomic mass is 16.4. The van der Waals surface area contributed by atoms with E-state index >= 15 is 0 Å². The number of fused-ring (bicyclic) bond motifs is 1. The van der Waals surface area contributed by atoms with E-state index in [1.807, 2.05) is 0 Å². The van der Waals surface area contributed by atoms with E-state index in [0.717, 1.165) is 12.8 Å². The summed E-state index contributed by atoms with van der Waals surface area (Å²) in [7, 11) is 0. The molecule has 5 nitrogen and oxygen atoms in total. The number of hydrogen-bond acceptors (Lipinski definition) is 3. The zero-order valence-electron chi connectivity index (χ0n) is 8.34. The predicted molar refractivity (Wildman–Crippen MR) is 55.7 cm³/mol. The molecule has 0 saturated heterocycles. The average Bonchev–Trinajstić information content (AvgIpc) is 3.00. The lowest BCUT2D eigenvalue weighted by Gasteiger charge is -1.98. The first-order valence-corrected chi connectivity index (χ1v) is 5.05. The van der Waals surface area contributed by atoms with Gasteiger partial charge in [0.15, 0.2) is 5.58 Å². The Morgan fingerprint density at radius 3 is 2.81 bits per heavy atom. The molecule has 0 spiro atoms. The largest absolute Gasteiger partial charge is 0.478 e. The van der Waals surface area contributed by atoms with Gasteiger partial charge in [-0.25, -0.2) is 9.59 Å². The number of hydrogen-bond donors (Lipinski definition) is 1. The first kappa shape index (κ1) is 9.21. The third kappa shape index (κ3) is 1.25. The van der Waals surface area contributed by atoms with Crippen molar-refractivity contribution in [1.82, 2.24) is 4.57 Å². The van der Waals surface area contributed by atoms with Crippen LogP contribution >= 0.6 is 0 Å². The molecule has 1 saturated carbocycles. The Morgan fingerprint density at radius 2 is 2.19 bits per heavy atom. The SMILES string of the molecule is O=C(O)c1ccc2oc(=O)n(C3CC3)c2c1. The molecule has 0 atom stereocenters. The van der Waals surface area contributed by atoms with Crippen LogP contribution in [0.5, 0.6) is 0 Å². The predicted octanol–water partition coefficient (Wildman–Crippen LogP) is 1.63. The summed E-state index contributed by atoms with van der Waals surface area (Å²) >= 11 is 0. The van der Waals surface area contributed by atoms with Gasteiger partial charge in [-0.3, -0.25) is 4.57 Å². The Bertz CT molecular complexity index is 633. The summed E-state index contributed by atoms with van der Waals surface area (Å²) in [6.07, 6.45) is 1.90. The van der Waals surface area contributed by atoms with E-state index < -0.39 is 11.7 Å². The number of carboxylic acids is 1. The molecule has 82 valence electrons. The summed E-state index contributed by atoms with van der Waals surface area (Å²) in [5.74, 6) is -1.40. The molecule has 5 heteroatoms. The smallest absolute Gasteiger partial charge is 0.420 e. The van der Waals surface area contributed by atoms with Gasteiger partial charge in [-0.15, -0.1) is 0 Å². The maximum absolute atomic E-state index is 11.6. The van der Waals surface area contributed by atoms with E-state index in [-0.39, 0.29) is 11.6 Å². The fraction of sp³-hybridized carbons (Fsp3) is 0.273. The summed E-state index contributed by atoms with van der Waals surface area (Å²) in [5.41, 5.74) is 1.19. The van der Waals surface area contributed by atoms with Crippen molar-refractivity contribution in [3.8, 4) is 0 Å². The van der Waals surface area contributed by atoms with Crippen molar-refractivity contribution < 1.29 is 14.3 Å². The summed E-state index contributed by atoms with van der Waals surface area (Å²) in [4.78, 5) is 22.4. The van der Waals surface area contributed by atoms with Crippen LogP contribution in [0.2, 0.25) is 0 Å². The van der Waals surface area contributed by atoms with E-state index in [2.05, 4.69) is 0 Å². The first-order chi connectivity index (χ1) is 7.66. The molecule has 1 N–H and O–H groups in total. The molecule has 0 aliphatic heterocycles. The first-order valence-electron chi connectivity index (χ1n) is 5.05. The number of benzene rings is 1. The molecular formula is C11H9NO4. The highest BCUT2D eigenvalue weighted by Gasteiger charge is 2.28. The number of aromatic nitrogens is 1. The number of oxazole rings is 1. The number of carbonyl (C=O) groups is 1. The highest BCUT2D eigenvalue weighted by molar-refractivity contribution is 5.91. The van der Waals surface area contributed by atoms with Crippen molar-refractivity contribution in [2.24, 2.45) is 0 Å². The van der Waals surface area contributed by atoms with Gasteiger partial charge in [0.25, 0.3) is 0 Å². The highest BCUT2D eigenvalue weighted by Crippen LogP contribution is 2.36. The molecule has 0 unspecified atom stereocenters. The van der Waals surface area contributed by atoms with E-state index in [0.29, 0.717) is 11.1 Å². The van der Waals surface area contributed by atoms with Gasteiger partial charge in [-0.1, -0.05) is 0 Å². The zero-order chi connectivity index (χ0) is 11.3. The maximum Gasteiger partial charge on any atom is 0.420 e. The Hall–Kier alpha value is -2.04. The van der Waals surface area contributed by atoms with Crippen LogP contribution in [0, 0.1) is 0 Å². The van der Waals surface area contributed by atoms with Gasteiger partial charge in [0, 0.05) is 6.04 Å². The van der Waals surface area contributed by atoms with Crippen molar-refractivity contribution in [1.29, 1.82) is 0 Å². The zero-order valence-corrected chi connectivity index (χ0v) is 8.34. The third-order valence-electron chi connectivity index (χ3n) is 2.77. The molecule has 16 heavy (non-hydrogen) atoms. The minimum absolute atomic E-state index is 0.169. The van der Waals surface area contributed by atoms with E-state index in [4.69, 9.17) is 9.52 Å². The van der Waals surface area contributed by atoms with Crippen LogP contribution in [0.1, 0.15) is 29.2 Å². The topological polar surface area (TPSA) is 72.4 Å². The van der Waals surface area contributed by atoms with Gasteiger partial charge in [0.1, 0.15) is 0 Å². The molecular weight excluding hydrogens is 210 g/mol. The number of carboxylic acid groups (broad SMARTS) is 1. The van der Waals surface area contributed by atoms with Gasteiger partial charge in [-0.05, 0) is 31.0 Å². The van der Waals surface area contributed by atoms with Gasteiger partial charge in [0.2, 0.25) is 0 Å². The number of nitrogens with zero attached hydrogens (tertiary/aromatic N) is 1. The van der Waals surface area contributed by atoms with E-state index in [1.165, 1.54) is 18.2 Å². The van der Waals surface area contributed by atoms with Crippen LogP contribution in [0.4, 0.5) is 0 Å². The Labute approximate surface area is 89.9 Å². The minimum Gasteiger partial charge on any atom is -0.478 e. The van der Waals surface area contributed by atoms with Crippen LogP contribution < -0.4 is 5.76 Å². The average molecular weight is 219 g/mol. The molecule has 1 aromatic carbocycles. The molecule has 1 fully saturated rings. The fourth-order valence-electron chi connectivity index (χ4n) is 1.85. The summed E-state index contributed by atoms with van der Waals surface area (Å²) in [5, 5.41) is 8.88. The van der Waals surface area contributed by atoms with Crippen molar-refractivity contribution in [2.45, 2.75) is 18.9 Å². The summed E-state index contributed by atoms with van der Waals surface area (Å²) in [6, 6.07) is 4.63. The second-order valence-corrected chi connectivity index (χ2v) is 3.96. The molecule has 1 aliphatic rings. The van der Waals surface area contributed by atoms with Crippen LogP contribution in [0.3, 0.4) is 0 Å². The lowest BCUT2D eigenvalue weighted by molar-refractivity contribution is 0.0697. The third-order valence-corrected chi connectivity index (χ3v) is 2.77. The van der Waals surface area contributed by atoms with E-state index in [1.54, 1.807) is 4.57 Å². The normalized spacial score (nSPS) is 15.5. The monoisotopic (exact) mass is 219 g/mol. The Kier molecular flexibility index (Phi) is 1.71. The second kappa shape index (κ2) is 2.98. The fourth-order valence-corrected chi connectivity index (χ4v) is 1.85. The number of rotatable bonds is 2. The quantitative estimate of drug-likeness (QED) is 0.833. The van der Waals surface area contributed by atoms with Crippen molar-refractivity contribution in [3.63, 3.8) is 0 Å². The van der Waals surface area contributed by atoms with Gasteiger partial charge >= 0.3 is 11.7 Å². The molecule has 0 radical (unpaired) electrons. The Balaban J connectivity index is 2.31. The molecule has 1 aliphatic carbocycles. The van der Waals surface area contributed by atoms with Crippen LogP contribution in [-0.4, -0.2) is 15.6 Å².